The number of benzene rings is 1. The number of nitrogens with two attached hydrogens (primary N) is 1. The van der Waals surface area contributed by atoms with Gasteiger partial charge in [0.25, 0.3) is 0 Å². The summed E-state index contributed by atoms with van der Waals surface area (Å²) in [5, 5.41) is 12.4. The molecular weight excluding hydrogens is 262 g/mol. The summed E-state index contributed by atoms with van der Waals surface area (Å²) in [4.78, 5) is 0. The lowest BCUT2D eigenvalue weighted by atomic mass is 9.96. The van der Waals surface area contributed by atoms with Crippen molar-refractivity contribution in [1.29, 1.82) is 0 Å². The Morgan fingerprint density at radius 2 is 1.81 bits per heavy atom. The maximum atomic E-state index is 6.22. The summed E-state index contributed by atoms with van der Waals surface area (Å²) in [7, 11) is 0. The first-order valence-corrected chi connectivity index (χ1v) is 7.90. The number of nitrogen functional groups attached to an aromatic ring is 1. The molecule has 3 rings (SSSR count). The van der Waals surface area contributed by atoms with Crippen LogP contribution in [0, 0.1) is 6.92 Å². The van der Waals surface area contributed by atoms with E-state index in [0.29, 0.717) is 6.04 Å². The number of nitrogens with zero attached hydrogens (tertiary/aromatic N) is 4. The van der Waals surface area contributed by atoms with E-state index in [1.165, 1.54) is 32.1 Å². The molecule has 0 bridgehead atoms. The van der Waals surface area contributed by atoms with Crippen molar-refractivity contribution >= 4 is 5.69 Å². The van der Waals surface area contributed by atoms with Crippen molar-refractivity contribution in [2.24, 2.45) is 0 Å². The predicted molar refractivity (Wildman–Crippen MR) is 83.8 cm³/mol. The van der Waals surface area contributed by atoms with Gasteiger partial charge in [0, 0.05) is 11.3 Å². The standard InChI is InChI=1S/C16H23N5/c1-12-8-7-11-14(15(12)17)16-18-19-20-21(16)13-9-5-3-2-4-6-10-13/h7-8,11,13H,2-6,9-10,17H2,1H3. The molecule has 2 N–H and O–H groups in total. The monoisotopic (exact) mass is 285 g/mol. The fourth-order valence-corrected chi connectivity index (χ4v) is 3.17. The van der Waals surface area contributed by atoms with Gasteiger partial charge < -0.3 is 5.73 Å². The molecule has 0 radical (unpaired) electrons. The zero-order valence-electron chi connectivity index (χ0n) is 12.6. The molecule has 0 aliphatic heterocycles. The molecule has 0 amide bonds. The van der Waals surface area contributed by atoms with Gasteiger partial charge >= 0.3 is 0 Å². The number of para-hydroxylation sites is 1. The Bertz CT molecular complexity index is 596. The average molecular weight is 285 g/mol. The summed E-state index contributed by atoms with van der Waals surface area (Å²) in [5.74, 6) is 0.807. The minimum absolute atomic E-state index is 0.398. The fourth-order valence-electron chi connectivity index (χ4n) is 3.17. The van der Waals surface area contributed by atoms with Gasteiger partial charge in [-0.1, -0.05) is 44.2 Å². The van der Waals surface area contributed by atoms with Gasteiger partial charge in [-0.05, 0) is 41.8 Å². The van der Waals surface area contributed by atoms with Crippen molar-refractivity contribution in [1.82, 2.24) is 20.2 Å². The van der Waals surface area contributed by atoms with Crippen LogP contribution in [0.15, 0.2) is 18.2 Å². The highest BCUT2D eigenvalue weighted by atomic mass is 15.5. The Morgan fingerprint density at radius 3 is 2.57 bits per heavy atom. The normalized spacial score (nSPS) is 17.4. The molecule has 5 nitrogen and oxygen atoms in total. The number of tetrazole rings is 1. The first kappa shape index (κ1) is 14.0. The summed E-state index contributed by atoms with van der Waals surface area (Å²) in [6.45, 7) is 2.02. The van der Waals surface area contributed by atoms with Crippen molar-refractivity contribution in [2.45, 2.75) is 57.9 Å². The molecule has 1 aromatic heterocycles. The maximum absolute atomic E-state index is 6.22. The lowest BCUT2D eigenvalue weighted by molar-refractivity contribution is 0.345. The number of aryl methyl sites for hydroxylation is 1. The molecule has 0 spiro atoms. The minimum atomic E-state index is 0.398. The van der Waals surface area contributed by atoms with Crippen LogP contribution >= 0.6 is 0 Å². The number of hydrogen-bond donors (Lipinski definition) is 1. The molecule has 1 aliphatic rings. The van der Waals surface area contributed by atoms with E-state index in [9.17, 15) is 0 Å². The van der Waals surface area contributed by atoms with Gasteiger partial charge in [-0.25, -0.2) is 4.68 Å². The quantitative estimate of drug-likeness (QED) is 0.857. The van der Waals surface area contributed by atoms with E-state index in [2.05, 4.69) is 15.5 Å². The van der Waals surface area contributed by atoms with E-state index in [-0.39, 0.29) is 0 Å². The van der Waals surface area contributed by atoms with Crippen LogP contribution in [0.25, 0.3) is 11.4 Å². The maximum Gasteiger partial charge on any atom is 0.184 e. The summed E-state index contributed by atoms with van der Waals surface area (Å²) < 4.78 is 2.00. The summed E-state index contributed by atoms with van der Waals surface area (Å²) in [5.41, 5.74) is 9.01. The zero-order chi connectivity index (χ0) is 14.7. The zero-order valence-corrected chi connectivity index (χ0v) is 12.6. The molecule has 1 saturated carbocycles. The Balaban J connectivity index is 1.94. The molecular formula is C16H23N5. The van der Waals surface area contributed by atoms with Gasteiger partial charge in [-0.15, -0.1) is 5.10 Å². The van der Waals surface area contributed by atoms with Gasteiger partial charge in [0.05, 0.1) is 6.04 Å². The first-order valence-electron chi connectivity index (χ1n) is 7.90. The predicted octanol–water partition coefficient (Wildman–Crippen LogP) is 3.52. The van der Waals surface area contributed by atoms with Crippen molar-refractivity contribution in [3.05, 3.63) is 23.8 Å². The van der Waals surface area contributed by atoms with Gasteiger partial charge in [0.15, 0.2) is 5.82 Å². The SMILES string of the molecule is Cc1cccc(-c2nnnn2C2CCCCCCC2)c1N. The smallest absolute Gasteiger partial charge is 0.184 e. The number of hydrogen-bond acceptors (Lipinski definition) is 4. The molecule has 1 aromatic carbocycles. The molecule has 2 aromatic rings. The minimum Gasteiger partial charge on any atom is -0.398 e. The first-order chi connectivity index (χ1) is 10.3. The van der Waals surface area contributed by atoms with Crippen LogP contribution < -0.4 is 5.73 Å². The number of rotatable bonds is 2. The van der Waals surface area contributed by atoms with E-state index in [1.807, 2.05) is 29.8 Å². The van der Waals surface area contributed by atoms with Crippen molar-refractivity contribution in [3.63, 3.8) is 0 Å². The lowest BCUT2D eigenvalue weighted by Crippen LogP contribution is -2.14. The molecule has 0 unspecified atom stereocenters. The molecule has 1 fully saturated rings. The van der Waals surface area contributed by atoms with Gasteiger partial charge in [0.2, 0.25) is 0 Å². The van der Waals surface area contributed by atoms with E-state index in [0.717, 1.165) is 35.5 Å². The number of anilines is 1. The van der Waals surface area contributed by atoms with Crippen LogP contribution in [0.3, 0.4) is 0 Å². The molecule has 1 aliphatic carbocycles. The van der Waals surface area contributed by atoms with E-state index in [1.54, 1.807) is 0 Å². The average Bonchev–Trinajstić information content (AvgIpc) is 2.90. The summed E-state index contributed by atoms with van der Waals surface area (Å²) >= 11 is 0. The van der Waals surface area contributed by atoms with Crippen molar-refractivity contribution in [2.75, 3.05) is 5.73 Å². The summed E-state index contributed by atoms with van der Waals surface area (Å²) in [6, 6.07) is 6.43. The van der Waals surface area contributed by atoms with Crippen LogP contribution in [0.2, 0.25) is 0 Å². The number of aromatic nitrogens is 4. The Labute approximate surface area is 125 Å². The highest BCUT2D eigenvalue weighted by Crippen LogP contribution is 2.32. The fraction of sp³-hybridized carbons (Fsp3) is 0.562. The molecule has 0 saturated heterocycles. The Kier molecular flexibility index (Phi) is 4.18. The van der Waals surface area contributed by atoms with Gasteiger partial charge in [0.1, 0.15) is 0 Å². The van der Waals surface area contributed by atoms with Crippen LogP contribution in [0.4, 0.5) is 5.69 Å². The molecule has 0 atom stereocenters. The van der Waals surface area contributed by atoms with Crippen LogP contribution in [-0.2, 0) is 0 Å². The second-order valence-corrected chi connectivity index (χ2v) is 5.98. The Hall–Kier alpha value is -1.91. The highest BCUT2D eigenvalue weighted by molar-refractivity contribution is 5.74. The second kappa shape index (κ2) is 6.24. The van der Waals surface area contributed by atoms with Crippen molar-refractivity contribution < 1.29 is 0 Å². The molecule has 112 valence electrons. The Morgan fingerprint density at radius 1 is 1.10 bits per heavy atom. The van der Waals surface area contributed by atoms with Crippen LogP contribution in [-0.4, -0.2) is 20.2 Å². The third-order valence-electron chi connectivity index (χ3n) is 4.48. The van der Waals surface area contributed by atoms with E-state index in [4.69, 9.17) is 5.73 Å². The van der Waals surface area contributed by atoms with E-state index >= 15 is 0 Å². The van der Waals surface area contributed by atoms with Gasteiger partial charge in [-0.3, -0.25) is 0 Å². The van der Waals surface area contributed by atoms with Crippen LogP contribution in [0.5, 0.6) is 0 Å². The van der Waals surface area contributed by atoms with Gasteiger partial charge in [-0.2, -0.15) is 0 Å². The summed E-state index contributed by atoms with van der Waals surface area (Å²) in [6.07, 6.45) is 8.83. The highest BCUT2D eigenvalue weighted by Gasteiger charge is 2.20. The topological polar surface area (TPSA) is 69.6 Å². The lowest BCUT2D eigenvalue weighted by Gasteiger charge is -2.21. The third-order valence-corrected chi connectivity index (χ3v) is 4.48. The molecule has 21 heavy (non-hydrogen) atoms. The second-order valence-electron chi connectivity index (χ2n) is 5.98. The van der Waals surface area contributed by atoms with E-state index < -0.39 is 0 Å². The third kappa shape index (κ3) is 2.91. The van der Waals surface area contributed by atoms with Crippen molar-refractivity contribution in [3.8, 4) is 11.4 Å². The molecule has 5 heteroatoms. The largest absolute Gasteiger partial charge is 0.398 e. The van der Waals surface area contributed by atoms with Crippen LogP contribution in [0.1, 0.15) is 56.6 Å². The molecule has 1 heterocycles.